The van der Waals surface area contributed by atoms with Crippen molar-refractivity contribution in [1.82, 2.24) is 0 Å². The van der Waals surface area contributed by atoms with Gasteiger partial charge in [-0.25, -0.2) is 4.79 Å². The number of ketones is 1. The van der Waals surface area contributed by atoms with Crippen LogP contribution in [0.2, 0.25) is 0 Å². The van der Waals surface area contributed by atoms with Gasteiger partial charge in [0.25, 0.3) is 0 Å². The number of rotatable bonds is 7. The van der Waals surface area contributed by atoms with Crippen LogP contribution in [0, 0.1) is 0 Å². The lowest BCUT2D eigenvalue weighted by atomic mass is 10.1. The largest absolute Gasteiger partial charge is 0.496 e. The van der Waals surface area contributed by atoms with Crippen molar-refractivity contribution < 1.29 is 23.8 Å². The normalized spacial score (nSPS) is 10.6. The lowest BCUT2D eigenvalue weighted by Crippen LogP contribution is -2.11. The molecule has 0 atom stereocenters. The van der Waals surface area contributed by atoms with Crippen LogP contribution in [0.25, 0.3) is 6.08 Å². The highest BCUT2D eigenvalue weighted by atomic mass is 79.9. The van der Waals surface area contributed by atoms with Crippen molar-refractivity contribution in [2.75, 3.05) is 14.2 Å². The molecule has 30 heavy (non-hydrogen) atoms. The highest BCUT2D eigenvalue weighted by molar-refractivity contribution is 9.10. The molecular weight excluding hydrogens is 448 g/mol. The van der Waals surface area contributed by atoms with Crippen LogP contribution in [0.1, 0.15) is 26.3 Å². The van der Waals surface area contributed by atoms with E-state index >= 15 is 0 Å². The lowest BCUT2D eigenvalue weighted by molar-refractivity contribution is 0.0727. The van der Waals surface area contributed by atoms with E-state index in [1.807, 2.05) is 12.1 Å². The molecule has 0 saturated carbocycles. The van der Waals surface area contributed by atoms with E-state index < -0.39 is 5.97 Å². The van der Waals surface area contributed by atoms with Crippen LogP contribution in [0.4, 0.5) is 0 Å². The molecule has 0 saturated heterocycles. The third-order valence-electron chi connectivity index (χ3n) is 4.28. The second-order valence-corrected chi connectivity index (χ2v) is 7.12. The molecule has 0 aliphatic carbocycles. The minimum Gasteiger partial charge on any atom is -0.496 e. The zero-order chi connectivity index (χ0) is 21.5. The minimum absolute atomic E-state index is 0.0960. The van der Waals surface area contributed by atoms with Gasteiger partial charge in [0.15, 0.2) is 5.78 Å². The Hall–Kier alpha value is -3.38. The highest BCUT2D eigenvalue weighted by Crippen LogP contribution is 2.29. The molecule has 5 nitrogen and oxygen atoms in total. The highest BCUT2D eigenvalue weighted by Gasteiger charge is 2.20. The van der Waals surface area contributed by atoms with E-state index in [0.717, 1.165) is 10.0 Å². The molecule has 152 valence electrons. The Kier molecular flexibility index (Phi) is 7.03. The second-order valence-electron chi connectivity index (χ2n) is 6.20. The zero-order valence-corrected chi connectivity index (χ0v) is 18.0. The monoisotopic (exact) mass is 466 g/mol. The smallest absolute Gasteiger partial charge is 0.351 e. The summed E-state index contributed by atoms with van der Waals surface area (Å²) in [6, 6.07) is 19.0. The van der Waals surface area contributed by atoms with Gasteiger partial charge in [-0.1, -0.05) is 40.2 Å². The van der Waals surface area contributed by atoms with Gasteiger partial charge in [0.2, 0.25) is 0 Å². The summed E-state index contributed by atoms with van der Waals surface area (Å²) < 4.78 is 16.8. The molecule has 0 aromatic heterocycles. The molecule has 3 rings (SSSR count). The fourth-order valence-corrected chi connectivity index (χ4v) is 3.00. The van der Waals surface area contributed by atoms with E-state index in [9.17, 15) is 9.59 Å². The number of allylic oxidation sites excluding steroid dienone is 1. The number of benzene rings is 3. The van der Waals surface area contributed by atoms with E-state index in [0.29, 0.717) is 22.8 Å². The Bertz CT molecular complexity index is 1050. The van der Waals surface area contributed by atoms with Gasteiger partial charge in [-0.15, -0.1) is 0 Å². The topological polar surface area (TPSA) is 61.8 Å². The number of halogens is 1. The average molecular weight is 467 g/mol. The van der Waals surface area contributed by atoms with Gasteiger partial charge in [0.05, 0.1) is 14.2 Å². The molecule has 0 N–H and O–H groups in total. The number of esters is 1. The lowest BCUT2D eigenvalue weighted by Gasteiger charge is -2.12. The summed E-state index contributed by atoms with van der Waals surface area (Å²) in [4.78, 5) is 24.8. The van der Waals surface area contributed by atoms with Crippen LogP contribution in [-0.2, 0) is 0 Å². The van der Waals surface area contributed by atoms with E-state index in [2.05, 4.69) is 15.9 Å². The van der Waals surface area contributed by atoms with Crippen molar-refractivity contribution in [3.8, 4) is 17.2 Å². The molecule has 0 aliphatic rings. The molecule has 0 amide bonds. The van der Waals surface area contributed by atoms with E-state index in [1.165, 1.54) is 20.3 Å². The first kappa shape index (κ1) is 21.3. The van der Waals surface area contributed by atoms with Crippen LogP contribution < -0.4 is 14.2 Å². The summed E-state index contributed by atoms with van der Waals surface area (Å²) in [5, 5.41) is 0. The SMILES string of the molecule is COc1cccc(OC)c1C(=O)Oc1ccc(C=CC(=O)c2ccc(Br)cc2)cc1. The predicted molar refractivity (Wildman–Crippen MR) is 118 cm³/mol. The summed E-state index contributed by atoms with van der Waals surface area (Å²) in [5.41, 5.74) is 1.62. The van der Waals surface area contributed by atoms with Crippen LogP contribution >= 0.6 is 15.9 Å². The Morgan fingerprint density at radius 2 is 1.43 bits per heavy atom. The van der Waals surface area contributed by atoms with Gasteiger partial charge < -0.3 is 14.2 Å². The van der Waals surface area contributed by atoms with Crippen molar-refractivity contribution in [2.45, 2.75) is 0 Å². The van der Waals surface area contributed by atoms with E-state index in [4.69, 9.17) is 14.2 Å². The first-order chi connectivity index (χ1) is 14.5. The molecule has 0 heterocycles. The summed E-state index contributed by atoms with van der Waals surface area (Å²) >= 11 is 3.35. The second kappa shape index (κ2) is 9.89. The zero-order valence-electron chi connectivity index (χ0n) is 16.4. The number of methoxy groups -OCH3 is 2. The molecule has 3 aromatic rings. The molecule has 0 fully saturated rings. The number of hydrogen-bond acceptors (Lipinski definition) is 5. The van der Waals surface area contributed by atoms with Crippen LogP contribution in [-0.4, -0.2) is 26.0 Å². The van der Waals surface area contributed by atoms with Crippen LogP contribution in [0.3, 0.4) is 0 Å². The van der Waals surface area contributed by atoms with Gasteiger partial charge in [-0.05, 0) is 60.2 Å². The number of ether oxygens (including phenoxy) is 3. The quantitative estimate of drug-likeness (QED) is 0.197. The number of hydrogen-bond donors (Lipinski definition) is 0. The Balaban J connectivity index is 1.70. The summed E-state index contributed by atoms with van der Waals surface area (Å²) in [7, 11) is 2.95. The average Bonchev–Trinajstić information content (AvgIpc) is 2.78. The fraction of sp³-hybridized carbons (Fsp3) is 0.0833. The Labute approximate surface area is 183 Å². The van der Waals surface area contributed by atoms with Gasteiger partial charge >= 0.3 is 5.97 Å². The van der Waals surface area contributed by atoms with Crippen LogP contribution in [0.5, 0.6) is 17.2 Å². The number of carbonyl (C=O) groups is 2. The Morgan fingerprint density at radius 1 is 0.833 bits per heavy atom. The van der Waals surface area contributed by atoms with Gasteiger partial charge in [0, 0.05) is 10.0 Å². The molecule has 6 heteroatoms. The standard InChI is InChI=1S/C24H19BrO5/c1-28-21-4-3-5-22(29-2)23(21)24(27)30-19-13-6-16(7-14-19)8-15-20(26)17-9-11-18(25)12-10-17/h3-15H,1-2H3. The van der Waals surface area contributed by atoms with Crippen molar-refractivity contribution in [3.05, 3.63) is 94.0 Å². The van der Waals surface area contributed by atoms with Crippen molar-refractivity contribution in [3.63, 3.8) is 0 Å². The van der Waals surface area contributed by atoms with Gasteiger partial charge in [-0.2, -0.15) is 0 Å². The van der Waals surface area contributed by atoms with Crippen LogP contribution in [0.15, 0.2) is 77.3 Å². The first-order valence-corrected chi connectivity index (χ1v) is 9.82. The fourth-order valence-electron chi connectivity index (χ4n) is 2.74. The van der Waals surface area contributed by atoms with Gasteiger partial charge in [0.1, 0.15) is 22.8 Å². The molecule has 0 radical (unpaired) electrons. The molecular formula is C24H19BrO5. The molecule has 0 unspecified atom stereocenters. The molecule has 0 aliphatic heterocycles. The maximum absolute atomic E-state index is 12.6. The summed E-state index contributed by atoms with van der Waals surface area (Å²) in [6.07, 6.45) is 3.21. The predicted octanol–water partition coefficient (Wildman–Crippen LogP) is 5.58. The van der Waals surface area contributed by atoms with Crippen molar-refractivity contribution >= 4 is 33.8 Å². The van der Waals surface area contributed by atoms with Crippen molar-refractivity contribution in [2.24, 2.45) is 0 Å². The Morgan fingerprint density at radius 3 is 2.00 bits per heavy atom. The molecule has 0 spiro atoms. The van der Waals surface area contributed by atoms with E-state index in [-0.39, 0.29) is 11.3 Å². The molecule has 3 aromatic carbocycles. The minimum atomic E-state index is -0.585. The third-order valence-corrected chi connectivity index (χ3v) is 4.81. The maximum Gasteiger partial charge on any atom is 0.351 e. The van der Waals surface area contributed by atoms with Crippen molar-refractivity contribution in [1.29, 1.82) is 0 Å². The molecule has 0 bridgehead atoms. The summed E-state index contributed by atoms with van der Waals surface area (Å²) in [6.45, 7) is 0. The van der Waals surface area contributed by atoms with Gasteiger partial charge in [-0.3, -0.25) is 4.79 Å². The number of carbonyl (C=O) groups excluding carboxylic acids is 2. The maximum atomic E-state index is 12.6. The third kappa shape index (κ3) is 5.15. The van der Waals surface area contributed by atoms with E-state index in [1.54, 1.807) is 60.7 Å². The summed E-state index contributed by atoms with van der Waals surface area (Å²) in [5.74, 6) is 0.416. The first-order valence-electron chi connectivity index (χ1n) is 9.03.